The molecule has 6 heteroatoms. The third kappa shape index (κ3) is 6.41. The van der Waals surface area contributed by atoms with Crippen molar-refractivity contribution in [1.82, 2.24) is 5.32 Å². The van der Waals surface area contributed by atoms with Gasteiger partial charge in [0.25, 0.3) is 5.91 Å². The Bertz CT molecular complexity index is 557. The highest BCUT2D eigenvalue weighted by atomic mass is 35.5. The van der Waals surface area contributed by atoms with Crippen molar-refractivity contribution in [1.29, 1.82) is 0 Å². The number of nitrogens with two attached hydrogens (primary N) is 1. The van der Waals surface area contributed by atoms with Crippen molar-refractivity contribution in [2.45, 2.75) is 64.0 Å². The lowest BCUT2D eigenvalue weighted by Crippen LogP contribution is -2.49. The standard InChI is InChI=1S/C20H30Cl2N2O2/c1-2-26-19(18(23)13-14-7-4-3-5-8-14)20(25)24-12-11-15-16(21)9-6-10-17(15)22/h6,9-10,14,18-19H,2-5,7-8,11-13,23H2,1H3,(H,24,25)/t18-,19?/m1/s1. The molecule has 1 unspecified atom stereocenters. The van der Waals surface area contributed by atoms with Gasteiger partial charge in [0.2, 0.25) is 0 Å². The van der Waals surface area contributed by atoms with E-state index in [1.54, 1.807) is 12.1 Å². The molecule has 146 valence electrons. The number of carbonyl (C=O) groups is 1. The molecule has 0 heterocycles. The summed E-state index contributed by atoms with van der Waals surface area (Å²) < 4.78 is 5.67. The molecule has 0 saturated heterocycles. The van der Waals surface area contributed by atoms with E-state index in [1.807, 2.05) is 13.0 Å². The third-order valence-corrected chi connectivity index (χ3v) is 5.77. The lowest BCUT2D eigenvalue weighted by atomic mass is 9.84. The van der Waals surface area contributed by atoms with Crippen molar-refractivity contribution in [2.75, 3.05) is 13.2 Å². The van der Waals surface area contributed by atoms with Crippen LogP contribution < -0.4 is 11.1 Å². The fraction of sp³-hybridized carbons (Fsp3) is 0.650. The van der Waals surface area contributed by atoms with Crippen LogP contribution in [-0.4, -0.2) is 31.2 Å². The van der Waals surface area contributed by atoms with Gasteiger partial charge in [0, 0.05) is 29.2 Å². The second-order valence-electron chi connectivity index (χ2n) is 7.02. The van der Waals surface area contributed by atoms with E-state index in [9.17, 15) is 4.79 Å². The highest BCUT2D eigenvalue weighted by Gasteiger charge is 2.28. The number of hydrogen-bond acceptors (Lipinski definition) is 3. The number of halogens is 2. The van der Waals surface area contributed by atoms with Crippen LogP contribution in [0.25, 0.3) is 0 Å². The molecule has 1 saturated carbocycles. The molecular formula is C20H30Cl2N2O2. The molecule has 1 aromatic rings. The van der Waals surface area contributed by atoms with E-state index in [0.29, 0.717) is 35.5 Å². The highest BCUT2D eigenvalue weighted by Crippen LogP contribution is 2.28. The highest BCUT2D eigenvalue weighted by molar-refractivity contribution is 6.35. The van der Waals surface area contributed by atoms with Gasteiger partial charge in [0.15, 0.2) is 6.10 Å². The summed E-state index contributed by atoms with van der Waals surface area (Å²) in [5.74, 6) is 0.453. The quantitative estimate of drug-likeness (QED) is 0.647. The first-order valence-electron chi connectivity index (χ1n) is 9.60. The fourth-order valence-electron chi connectivity index (χ4n) is 3.69. The van der Waals surface area contributed by atoms with Crippen LogP contribution in [-0.2, 0) is 16.0 Å². The number of rotatable bonds is 9. The van der Waals surface area contributed by atoms with Crippen molar-refractivity contribution < 1.29 is 9.53 Å². The molecule has 2 atom stereocenters. The molecule has 0 bridgehead atoms. The first-order chi connectivity index (χ1) is 12.5. The van der Waals surface area contributed by atoms with Gasteiger partial charge in [-0.2, -0.15) is 0 Å². The van der Waals surface area contributed by atoms with E-state index in [0.717, 1.165) is 12.0 Å². The normalized spacial score (nSPS) is 17.7. The van der Waals surface area contributed by atoms with Gasteiger partial charge in [-0.3, -0.25) is 4.79 Å². The summed E-state index contributed by atoms with van der Waals surface area (Å²) in [5, 5.41) is 4.15. The Morgan fingerprint density at radius 1 is 1.27 bits per heavy atom. The molecule has 26 heavy (non-hydrogen) atoms. The average molecular weight is 401 g/mol. The Morgan fingerprint density at radius 3 is 2.54 bits per heavy atom. The van der Waals surface area contributed by atoms with E-state index in [2.05, 4.69) is 5.32 Å². The molecule has 1 amide bonds. The van der Waals surface area contributed by atoms with Crippen molar-refractivity contribution in [2.24, 2.45) is 11.7 Å². The molecule has 0 aromatic heterocycles. The van der Waals surface area contributed by atoms with Crippen LogP contribution in [0.2, 0.25) is 10.0 Å². The van der Waals surface area contributed by atoms with Crippen LogP contribution in [0.4, 0.5) is 0 Å². The van der Waals surface area contributed by atoms with Crippen LogP contribution in [0.1, 0.15) is 51.0 Å². The zero-order chi connectivity index (χ0) is 18.9. The molecule has 1 fully saturated rings. The Kier molecular flexibility index (Phi) is 9.20. The van der Waals surface area contributed by atoms with Crippen molar-refractivity contribution in [3.8, 4) is 0 Å². The summed E-state index contributed by atoms with van der Waals surface area (Å²) in [6.45, 7) is 2.80. The molecule has 3 N–H and O–H groups in total. The topological polar surface area (TPSA) is 64.3 Å². The minimum atomic E-state index is -0.608. The maximum Gasteiger partial charge on any atom is 0.250 e. The predicted molar refractivity (Wildman–Crippen MR) is 108 cm³/mol. The summed E-state index contributed by atoms with van der Waals surface area (Å²) in [5.41, 5.74) is 7.18. The number of ether oxygens (including phenoxy) is 1. The monoisotopic (exact) mass is 400 g/mol. The van der Waals surface area contributed by atoms with E-state index in [1.165, 1.54) is 32.1 Å². The number of nitrogens with one attached hydrogen (secondary N) is 1. The van der Waals surface area contributed by atoms with Gasteiger partial charge in [-0.15, -0.1) is 0 Å². The molecule has 2 rings (SSSR count). The third-order valence-electron chi connectivity index (χ3n) is 5.06. The van der Waals surface area contributed by atoms with Gasteiger partial charge in [-0.25, -0.2) is 0 Å². The number of carbonyl (C=O) groups excluding carboxylic acids is 1. The summed E-state index contributed by atoms with van der Waals surface area (Å²) >= 11 is 12.3. The van der Waals surface area contributed by atoms with E-state index in [-0.39, 0.29) is 11.9 Å². The van der Waals surface area contributed by atoms with Gasteiger partial charge in [0.05, 0.1) is 0 Å². The Morgan fingerprint density at radius 2 is 1.92 bits per heavy atom. The largest absolute Gasteiger partial charge is 0.367 e. The van der Waals surface area contributed by atoms with Crippen LogP contribution in [0, 0.1) is 5.92 Å². The minimum absolute atomic E-state index is 0.154. The number of amides is 1. The van der Waals surface area contributed by atoms with Crippen molar-refractivity contribution in [3.05, 3.63) is 33.8 Å². The van der Waals surface area contributed by atoms with Gasteiger partial charge < -0.3 is 15.8 Å². The van der Waals surface area contributed by atoms with E-state index in [4.69, 9.17) is 33.7 Å². The minimum Gasteiger partial charge on any atom is -0.367 e. The maximum atomic E-state index is 12.6. The molecule has 1 aliphatic carbocycles. The zero-order valence-corrected chi connectivity index (χ0v) is 17.0. The van der Waals surface area contributed by atoms with Gasteiger partial charge in [-0.1, -0.05) is 61.4 Å². The smallest absolute Gasteiger partial charge is 0.250 e. The second-order valence-corrected chi connectivity index (χ2v) is 7.84. The Labute approximate surface area is 166 Å². The number of benzene rings is 1. The lowest BCUT2D eigenvalue weighted by Gasteiger charge is -2.28. The van der Waals surface area contributed by atoms with Crippen LogP contribution in [0.3, 0.4) is 0 Å². The molecule has 0 radical (unpaired) electrons. The molecule has 1 aromatic carbocycles. The molecule has 4 nitrogen and oxygen atoms in total. The zero-order valence-electron chi connectivity index (χ0n) is 15.5. The van der Waals surface area contributed by atoms with Crippen molar-refractivity contribution in [3.63, 3.8) is 0 Å². The van der Waals surface area contributed by atoms with Gasteiger partial charge in [0.1, 0.15) is 0 Å². The van der Waals surface area contributed by atoms with Crippen LogP contribution in [0.15, 0.2) is 18.2 Å². The fourth-order valence-corrected chi connectivity index (χ4v) is 4.27. The Hall–Kier alpha value is -0.810. The predicted octanol–water partition coefficient (Wildman–Crippen LogP) is 4.35. The average Bonchev–Trinajstić information content (AvgIpc) is 2.62. The molecule has 1 aliphatic rings. The van der Waals surface area contributed by atoms with E-state index < -0.39 is 6.10 Å². The lowest BCUT2D eigenvalue weighted by molar-refractivity contribution is -0.134. The first kappa shape index (κ1) is 21.5. The van der Waals surface area contributed by atoms with Crippen LogP contribution >= 0.6 is 23.2 Å². The first-order valence-corrected chi connectivity index (χ1v) is 10.4. The SMILES string of the molecule is CCOC(C(=O)NCCc1c(Cl)cccc1Cl)[C@H](N)CC1CCCCC1. The number of hydrogen-bond donors (Lipinski definition) is 2. The summed E-state index contributed by atoms with van der Waals surface area (Å²) in [6.07, 6.45) is 7.06. The van der Waals surface area contributed by atoms with Crippen molar-refractivity contribution >= 4 is 29.1 Å². The summed E-state index contributed by atoms with van der Waals surface area (Å²) in [7, 11) is 0. The molecule has 0 spiro atoms. The Balaban J connectivity index is 1.86. The maximum absolute atomic E-state index is 12.6. The molecular weight excluding hydrogens is 371 g/mol. The van der Waals surface area contributed by atoms with Crippen LogP contribution in [0.5, 0.6) is 0 Å². The summed E-state index contributed by atoms with van der Waals surface area (Å²) in [6, 6.07) is 5.13. The molecule has 0 aliphatic heterocycles. The van der Waals surface area contributed by atoms with Gasteiger partial charge >= 0.3 is 0 Å². The summed E-state index contributed by atoms with van der Waals surface area (Å²) in [4.78, 5) is 12.6. The van der Waals surface area contributed by atoms with Gasteiger partial charge in [-0.05, 0) is 43.4 Å². The van der Waals surface area contributed by atoms with E-state index >= 15 is 0 Å². The second kappa shape index (κ2) is 11.1.